The Balaban J connectivity index is 1.86. The standard InChI is InChI=1S/C20H19ClF3N5O2/c21-16-10-14(20(22,23)24)11-28-17(12-27-8-1-6-25-7-9-27)18(26-19(16)28)13-2-4-15(5-3-13)29(30)31/h2-5,10-11,25H,1,6-9,12H2. The summed E-state index contributed by atoms with van der Waals surface area (Å²) >= 11 is 6.18. The molecule has 0 radical (unpaired) electrons. The minimum absolute atomic E-state index is 0.0787. The van der Waals surface area contributed by atoms with Crippen LogP contribution < -0.4 is 5.32 Å². The van der Waals surface area contributed by atoms with Gasteiger partial charge >= 0.3 is 6.18 Å². The molecule has 3 aromatic rings. The van der Waals surface area contributed by atoms with Crippen LogP contribution in [0.3, 0.4) is 0 Å². The summed E-state index contributed by atoms with van der Waals surface area (Å²) in [6.45, 7) is 3.54. The lowest BCUT2D eigenvalue weighted by molar-refractivity contribution is -0.384. The molecular weight excluding hydrogens is 435 g/mol. The number of nitro groups is 1. The number of aromatic nitrogens is 2. The Kier molecular flexibility index (Phi) is 5.87. The zero-order chi connectivity index (χ0) is 22.2. The Bertz CT molecular complexity index is 1110. The molecule has 0 aliphatic carbocycles. The number of imidazole rings is 1. The molecule has 0 atom stereocenters. The van der Waals surface area contributed by atoms with E-state index < -0.39 is 16.7 Å². The highest BCUT2D eigenvalue weighted by molar-refractivity contribution is 6.33. The fraction of sp³-hybridized carbons (Fsp3) is 0.350. The lowest BCUT2D eigenvalue weighted by atomic mass is 10.1. The van der Waals surface area contributed by atoms with E-state index in [0.29, 0.717) is 23.5 Å². The molecule has 1 aliphatic rings. The first-order valence-electron chi connectivity index (χ1n) is 9.69. The summed E-state index contributed by atoms with van der Waals surface area (Å²) in [6, 6.07) is 6.66. The molecule has 1 aliphatic heterocycles. The van der Waals surface area contributed by atoms with Gasteiger partial charge in [-0.2, -0.15) is 13.2 Å². The highest BCUT2D eigenvalue weighted by Crippen LogP contribution is 2.35. The molecule has 4 rings (SSSR count). The van der Waals surface area contributed by atoms with Crippen LogP contribution in [-0.4, -0.2) is 45.4 Å². The van der Waals surface area contributed by atoms with E-state index in [4.69, 9.17) is 11.6 Å². The number of nitrogens with zero attached hydrogens (tertiary/aromatic N) is 4. The van der Waals surface area contributed by atoms with Gasteiger partial charge in [0.1, 0.15) is 0 Å². The summed E-state index contributed by atoms with van der Waals surface area (Å²) in [6.07, 6.45) is -2.63. The molecule has 2 aromatic heterocycles. The first-order valence-corrected chi connectivity index (χ1v) is 10.1. The Hall–Kier alpha value is -2.69. The Morgan fingerprint density at radius 1 is 1.19 bits per heavy atom. The molecule has 0 bridgehead atoms. The number of benzene rings is 1. The number of fused-ring (bicyclic) bond motifs is 1. The molecule has 164 valence electrons. The van der Waals surface area contributed by atoms with Crippen molar-refractivity contribution in [3.05, 3.63) is 62.9 Å². The summed E-state index contributed by atoms with van der Waals surface area (Å²) in [5, 5.41) is 14.2. The van der Waals surface area contributed by atoms with Gasteiger partial charge in [0.05, 0.1) is 26.9 Å². The van der Waals surface area contributed by atoms with E-state index in [1.54, 1.807) is 12.1 Å². The monoisotopic (exact) mass is 453 g/mol. The molecular formula is C20H19ClF3N5O2. The Morgan fingerprint density at radius 2 is 1.94 bits per heavy atom. The van der Waals surface area contributed by atoms with E-state index in [0.717, 1.165) is 44.9 Å². The maximum Gasteiger partial charge on any atom is 0.417 e. The molecule has 1 N–H and O–H groups in total. The number of halogens is 4. The normalized spacial score (nSPS) is 15.9. The molecule has 1 fully saturated rings. The number of nitro benzene ring substituents is 1. The smallest absolute Gasteiger partial charge is 0.315 e. The SMILES string of the molecule is O=[N+]([O-])c1ccc(-c2nc3c(Cl)cc(C(F)(F)F)cn3c2CN2CCCNCC2)cc1. The second kappa shape index (κ2) is 8.45. The van der Waals surface area contributed by atoms with Crippen molar-refractivity contribution in [3.63, 3.8) is 0 Å². The zero-order valence-corrected chi connectivity index (χ0v) is 17.1. The van der Waals surface area contributed by atoms with E-state index in [9.17, 15) is 23.3 Å². The summed E-state index contributed by atoms with van der Waals surface area (Å²) in [7, 11) is 0. The van der Waals surface area contributed by atoms with Crippen molar-refractivity contribution < 1.29 is 18.1 Å². The predicted octanol–water partition coefficient (Wildman–Crippen LogP) is 4.38. The van der Waals surface area contributed by atoms with Crippen LogP contribution in [0.15, 0.2) is 36.5 Å². The Labute approximate surface area is 180 Å². The highest BCUT2D eigenvalue weighted by atomic mass is 35.5. The third-order valence-corrected chi connectivity index (χ3v) is 5.54. The van der Waals surface area contributed by atoms with E-state index >= 15 is 0 Å². The van der Waals surface area contributed by atoms with Gasteiger partial charge in [0.15, 0.2) is 5.65 Å². The zero-order valence-electron chi connectivity index (χ0n) is 16.3. The lowest BCUT2D eigenvalue weighted by Gasteiger charge is -2.20. The molecule has 0 saturated carbocycles. The molecule has 0 amide bonds. The predicted molar refractivity (Wildman–Crippen MR) is 110 cm³/mol. The molecule has 11 heteroatoms. The van der Waals surface area contributed by atoms with Crippen LogP contribution in [0.25, 0.3) is 16.9 Å². The number of nitrogens with one attached hydrogen (secondary N) is 1. The summed E-state index contributed by atoms with van der Waals surface area (Å²) in [5.41, 5.74) is 0.849. The van der Waals surface area contributed by atoms with Crippen molar-refractivity contribution in [2.75, 3.05) is 26.2 Å². The van der Waals surface area contributed by atoms with E-state index in [-0.39, 0.29) is 16.4 Å². The first-order chi connectivity index (χ1) is 14.7. The van der Waals surface area contributed by atoms with E-state index in [2.05, 4.69) is 15.2 Å². The minimum Gasteiger partial charge on any atom is -0.315 e. The number of rotatable bonds is 4. The van der Waals surface area contributed by atoms with Crippen molar-refractivity contribution in [2.24, 2.45) is 0 Å². The van der Waals surface area contributed by atoms with Gasteiger partial charge in [-0.25, -0.2) is 4.98 Å². The lowest BCUT2D eigenvalue weighted by Crippen LogP contribution is -2.28. The van der Waals surface area contributed by atoms with Crippen LogP contribution in [0.4, 0.5) is 18.9 Å². The molecule has 3 heterocycles. The van der Waals surface area contributed by atoms with Gasteiger partial charge in [0, 0.05) is 43.5 Å². The highest BCUT2D eigenvalue weighted by Gasteiger charge is 2.33. The van der Waals surface area contributed by atoms with Crippen LogP contribution in [0.5, 0.6) is 0 Å². The number of hydrogen-bond acceptors (Lipinski definition) is 5. The van der Waals surface area contributed by atoms with Crippen molar-refractivity contribution >= 4 is 22.9 Å². The van der Waals surface area contributed by atoms with Crippen LogP contribution in [-0.2, 0) is 12.7 Å². The van der Waals surface area contributed by atoms with Crippen molar-refractivity contribution in [1.29, 1.82) is 0 Å². The van der Waals surface area contributed by atoms with Gasteiger partial charge in [-0.15, -0.1) is 0 Å². The van der Waals surface area contributed by atoms with Crippen molar-refractivity contribution in [1.82, 2.24) is 19.6 Å². The quantitative estimate of drug-likeness (QED) is 0.469. The van der Waals surface area contributed by atoms with Crippen LogP contribution in [0, 0.1) is 10.1 Å². The number of non-ortho nitro benzene ring substituents is 1. The summed E-state index contributed by atoms with van der Waals surface area (Å²) in [4.78, 5) is 17.1. The molecule has 7 nitrogen and oxygen atoms in total. The van der Waals surface area contributed by atoms with Gasteiger partial charge in [-0.1, -0.05) is 11.6 Å². The number of hydrogen-bond donors (Lipinski definition) is 1. The van der Waals surface area contributed by atoms with Gasteiger partial charge in [0.25, 0.3) is 5.69 Å². The third kappa shape index (κ3) is 4.51. The average Bonchev–Trinajstić information content (AvgIpc) is 2.89. The maximum absolute atomic E-state index is 13.4. The summed E-state index contributed by atoms with van der Waals surface area (Å²) in [5.74, 6) is 0. The maximum atomic E-state index is 13.4. The average molecular weight is 454 g/mol. The van der Waals surface area contributed by atoms with E-state index in [1.165, 1.54) is 16.5 Å². The number of pyridine rings is 1. The fourth-order valence-corrected chi connectivity index (χ4v) is 3.95. The van der Waals surface area contributed by atoms with Crippen molar-refractivity contribution in [2.45, 2.75) is 19.1 Å². The molecule has 0 spiro atoms. The second-order valence-electron chi connectivity index (χ2n) is 7.36. The molecule has 1 aromatic carbocycles. The first kappa shape index (κ1) is 21.5. The minimum atomic E-state index is -4.56. The second-order valence-corrected chi connectivity index (χ2v) is 7.77. The largest absolute Gasteiger partial charge is 0.417 e. The van der Waals surface area contributed by atoms with E-state index in [1.807, 2.05) is 0 Å². The van der Waals surface area contributed by atoms with Crippen LogP contribution >= 0.6 is 11.6 Å². The van der Waals surface area contributed by atoms with Gasteiger partial charge in [-0.3, -0.25) is 15.0 Å². The van der Waals surface area contributed by atoms with Gasteiger partial charge in [-0.05, 0) is 37.7 Å². The molecule has 31 heavy (non-hydrogen) atoms. The van der Waals surface area contributed by atoms with Crippen LogP contribution in [0.1, 0.15) is 17.7 Å². The fourth-order valence-electron chi connectivity index (χ4n) is 3.70. The van der Waals surface area contributed by atoms with Gasteiger partial charge in [0.2, 0.25) is 0 Å². The van der Waals surface area contributed by atoms with Crippen LogP contribution in [0.2, 0.25) is 5.02 Å². The Morgan fingerprint density at radius 3 is 2.61 bits per heavy atom. The number of alkyl halides is 3. The molecule has 1 saturated heterocycles. The van der Waals surface area contributed by atoms with Gasteiger partial charge < -0.3 is 9.72 Å². The molecule has 0 unspecified atom stereocenters. The summed E-state index contributed by atoms with van der Waals surface area (Å²) < 4.78 is 41.6. The topological polar surface area (TPSA) is 75.7 Å². The van der Waals surface area contributed by atoms with Crippen molar-refractivity contribution in [3.8, 4) is 11.3 Å². The third-order valence-electron chi connectivity index (χ3n) is 5.26.